The van der Waals surface area contributed by atoms with Gasteiger partial charge in [-0.05, 0) is 31.9 Å². The number of nitrogens with one attached hydrogen (secondary N) is 1. The average molecular weight is 251 g/mol. The van der Waals surface area contributed by atoms with Crippen molar-refractivity contribution in [2.45, 2.75) is 25.9 Å². The first-order valence-electron chi connectivity index (χ1n) is 6.49. The van der Waals surface area contributed by atoms with Crippen molar-refractivity contribution >= 4 is 5.69 Å². The Labute approximate surface area is 108 Å². The van der Waals surface area contributed by atoms with Gasteiger partial charge in [-0.1, -0.05) is 0 Å². The molecule has 4 heteroatoms. The molecule has 1 aliphatic heterocycles. The molecule has 0 aliphatic carbocycles. The summed E-state index contributed by atoms with van der Waals surface area (Å²) in [5.74, 6) is 1.54. The van der Waals surface area contributed by atoms with Crippen molar-refractivity contribution in [3.63, 3.8) is 0 Å². The lowest BCUT2D eigenvalue weighted by atomic mass is 10.2. The molecule has 1 saturated heterocycles. The molecule has 4 nitrogen and oxygen atoms in total. The van der Waals surface area contributed by atoms with Crippen molar-refractivity contribution in [1.29, 1.82) is 0 Å². The van der Waals surface area contributed by atoms with E-state index in [0.717, 1.165) is 36.8 Å². The van der Waals surface area contributed by atoms with Crippen molar-refractivity contribution in [2.24, 2.45) is 0 Å². The number of rotatable bonds is 6. The van der Waals surface area contributed by atoms with Gasteiger partial charge in [-0.2, -0.15) is 0 Å². The number of ether oxygens (including phenoxy) is 3. The van der Waals surface area contributed by atoms with Gasteiger partial charge in [-0.3, -0.25) is 0 Å². The van der Waals surface area contributed by atoms with Crippen molar-refractivity contribution in [2.75, 3.05) is 32.2 Å². The second kappa shape index (κ2) is 6.50. The molecule has 0 bridgehead atoms. The highest BCUT2D eigenvalue weighted by Gasteiger charge is 2.15. The zero-order valence-electron chi connectivity index (χ0n) is 11.1. The first-order chi connectivity index (χ1) is 8.83. The van der Waals surface area contributed by atoms with Crippen molar-refractivity contribution in [3.05, 3.63) is 18.2 Å². The Morgan fingerprint density at radius 3 is 2.94 bits per heavy atom. The summed E-state index contributed by atoms with van der Waals surface area (Å²) in [7, 11) is 1.65. The van der Waals surface area contributed by atoms with Gasteiger partial charge in [0.25, 0.3) is 0 Å². The van der Waals surface area contributed by atoms with E-state index in [1.165, 1.54) is 6.42 Å². The number of methoxy groups -OCH3 is 1. The molecule has 18 heavy (non-hydrogen) atoms. The molecule has 1 heterocycles. The van der Waals surface area contributed by atoms with E-state index in [2.05, 4.69) is 5.32 Å². The van der Waals surface area contributed by atoms with E-state index < -0.39 is 0 Å². The van der Waals surface area contributed by atoms with Gasteiger partial charge in [-0.25, -0.2) is 0 Å². The maximum absolute atomic E-state index is 5.58. The summed E-state index contributed by atoms with van der Waals surface area (Å²) in [6, 6.07) is 5.89. The van der Waals surface area contributed by atoms with E-state index in [1.54, 1.807) is 7.11 Å². The van der Waals surface area contributed by atoms with E-state index in [9.17, 15) is 0 Å². The quantitative estimate of drug-likeness (QED) is 0.843. The van der Waals surface area contributed by atoms with Crippen molar-refractivity contribution in [1.82, 2.24) is 0 Å². The largest absolute Gasteiger partial charge is 0.493 e. The standard InChI is InChI=1S/C14H21NO3/c1-3-17-13-7-6-11(9-14(13)16-2)15-10-12-5-4-8-18-12/h6-7,9,12,15H,3-5,8,10H2,1-2H3. The van der Waals surface area contributed by atoms with Crippen LogP contribution in [0.1, 0.15) is 19.8 Å². The Morgan fingerprint density at radius 1 is 1.39 bits per heavy atom. The van der Waals surface area contributed by atoms with E-state index in [1.807, 2.05) is 25.1 Å². The molecule has 1 N–H and O–H groups in total. The van der Waals surface area contributed by atoms with Crippen LogP contribution in [0.5, 0.6) is 11.5 Å². The number of benzene rings is 1. The van der Waals surface area contributed by atoms with E-state index >= 15 is 0 Å². The lowest BCUT2D eigenvalue weighted by molar-refractivity contribution is 0.120. The zero-order chi connectivity index (χ0) is 12.8. The molecule has 0 aromatic heterocycles. The van der Waals surface area contributed by atoms with Gasteiger partial charge in [-0.15, -0.1) is 0 Å². The maximum Gasteiger partial charge on any atom is 0.162 e. The summed E-state index contributed by atoms with van der Waals surface area (Å²) in [5.41, 5.74) is 1.03. The minimum Gasteiger partial charge on any atom is -0.493 e. The highest BCUT2D eigenvalue weighted by Crippen LogP contribution is 2.30. The van der Waals surface area contributed by atoms with E-state index in [-0.39, 0.29) is 0 Å². The Kier molecular flexibility index (Phi) is 4.70. The van der Waals surface area contributed by atoms with Crippen LogP contribution < -0.4 is 14.8 Å². The number of anilines is 1. The predicted molar refractivity (Wildman–Crippen MR) is 71.6 cm³/mol. The van der Waals surface area contributed by atoms with Crippen LogP contribution in [0.15, 0.2) is 18.2 Å². The molecule has 0 amide bonds. The van der Waals surface area contributed by atoms with Crippen LogP contribution in [-0.2, 0) is 4.74 Å². The Balaban J connectivity index is 1.95. The SMILES string of the molecule is CCOc1ccc(NCC2CCCO2)cc1OC. The number of hydrogen-bond acceptors (Lipinski definition) is 4. The fraction of sp³-hybridized carbons (Fsp3) is 0.571. The highest BCUT2D eigenvalue weighted by molar-refractivity contribution is 5.54. The first kappa shape index (κ1) is 13.0. The van der Waals surface area contributed by atoms with Crippen LogP contribution >= 0.6 is 0 Å². The summed E-state index contributed by atoms with van der Waals surface area (Å²) in [5, 5.41) is 3.37. The molecule has 0 saturated carbocycles. The minimum atomic E-state index is 0.336. The fourth-order valence-corrected chi connectivity index (χ4v) is 2.09. The molecule has 1 aliphatic rings. The molecule has 2 rings (SSSR count). The first-order valence-corrected chi connectivity index (χ1v) is 6.49. The second-order valence-corrected chi connectivity index (χ2v) is 4.31. The molecule has 1 unspecified atom stereocenters. The molecule has 100 valence electrons. The monoisotopic (exact) mass is 251 g/mol. The highest BCUT2D eigenvalue weighted by atomic mass is 16.5. The van der Waals surface area contributed by atoms with Crippen LogP contribution in [0.2, 0.25) is 0 Å². The maximum atomic E-state index is 5.58. The summed E-state index contributed by atoms with van der Waals surface area (Å²) < 4.78 is 16.4. The third-order valence-electron chi connectivity index (χ3n) is 3.02. The van der Waals surface area contributed by atoms with Gasteiger partial charge in [0.15, 0.2) is 11.5 Å². The van der Waals surface area contributed by atoms with Gasteiger partial charge in [0, 0.05) is 24.9 Å². The summed E-state index contributed by atoms with van der Waals surface area (Å²) in [4.78, 5) is 0. The average Bonchev–Trinajstić information content (AvgIpc) is 2.91. The molecule has 1 aromatic carbocycles. The molecule has 1 aromatic rings. The molecular formula is C14H21NO3. The minimum absolute atomic E-state index is 0.336. The van der Waals surface area contributed by atoms with Gasteiger partial charge in [0.2, 0.25) is 0 Å². The van der Waals surface area contributed by atoms with Crippen LogP contribution in [0.3, 0.4) is 0 Å². The number of hydrogen-bond donors (Lipinski definition) is 1. The predicted octanol–water partition coefficient (Wildman–Crippen LogP) is 2.68. The van der Waals surface area contributed by atoms with Crippen LogP contribution in [-0.4, -0.2) is 33.0 Å². The van der Waals surface area contributed by atoms with Gasteiger partial charge in [0.1, 0.15) is 0 Å². The van der Waals surface area contributed by atoms with Gasteiger partial charge in [0.05, 0.1) is 19.8 Å². The van der Waals surface area contributed by atoms with Crippen molar-refractivity contribution < 1.29 is 14.2 Å². The zero-order valence-corrected chi connectivity index (χ0v) is 11.1. The lowest BCUT2D eigenvalue weighted by Crippen LogP contribution is -2.18. The molecule has 1 fully saturated rings. The van der Waals surface area contributed by atoms with Gasteiger partial charge < -0.3 is 19.5 Å². The van der Waals surface area contributed by atoms with E-state index in [0.29, 0.717) is 12.7 Å². The fourth-order valence-electron chi connectivity index (χ4n) is 2.09. The third kappa shape index (κ3) is 3.29. The third-order valence-corrected chi connectivity index (χ3v) is 3.02. The summed E-state index contributed by atoms with van der Waals surface area (Å²) in [6.07, 6.45) is 2.64. The molecule has 0 radical (unpaired) electrons. The van der Waals surface area contributed by atoms with Crippen molar-refractivity contribution in [3.8, 4) is 11.5 Å². The van der Waals surface area contributed by atoms with Crippen LogP contribution in [0.4, 0.5) is 5.69 Å². The van der Waals surface area contributed by atoms with Crippen LogP contribution in [0.25, 0.3) is 0 Å². The Hall–Kier alpha value is -1.42. The summed E-state index contributed by atoms with van der Waals surface area (Å²) >= 11 is 0. The van der Waals surface area contributed by atoms with Gasteiger partial charge >= 0.3 is 0 Å². The molecular weight excluding hydrogens is 230 g/mol. The molecule has 1 atom stereocenters. The smallest absolute Gasteiger partial charge is 0.162 e. The van der Waals surface area contributed by atoms with E-state index in [4.69, 9.17) is 14.2 Å². The lowest BCUT2D eigenvalue weighted by Gasteiger charge is -2.14. The Bertz CT molecular complexity index is 375. The molecule has 0 spiro atoms. The van der Waals surface area contributed by atoms with Crippen LogP contribution in [0, 0.1) is 0 Å². The second-order valence-electron chi connectivity index (χ2n) is 4.31. The normalized spacial score (nSPS) is 18.7. The summed E-state index contributed by atoms with van der Waals surface area (Å²) in [6.45, 7) is 4.33. The topological polar surface area (TPSA) is 39.7 Å². The Morgan fingerprint density at radius 2 is 2.28 bits per heavy atom.